The van der Waals surface area contributed by atoms with Crippen LogP contribution in [0.2, 0.25) is 0 Å². The summed E-state index contributed by atoms with van der Waals surface area (Å²) in [6, 6.07) is 6.24. The molecule has 2 bridgehead atoms. The predicted molar refractivity (Wildman–Crippen MR) is 135 cm³/mol. The van der Waals surface area contributed by atoms with Gasteiger partial charge in [0.25, 0.3) is 0 Å². The van der Waals surface area contributed by atoms with E-state index in [4.69, 9.17) is 4.74 Å². The van der Waals surface area contributed by atoms with Crippen LogP contribution >= 0.6 is 0 Å². The van der Waals surface area contributed by atoms with Crippen molar-refractivity contribution in [2.75, 3.05) is 14.1 Å². The van der Waals surface area contributed by atoms with E-state index in [1.165, 1.54) is 11.1 Å². The van der Waals surface area contributed by atoms with Crippen molar-refractivity contribution < 1.29 is 19.3 Å². The Balaban J connectivity index is 1.27. The van der Waals surface area contributed by atoms with Gasteiger partial charge in [0.05, 0.1) is 30.2 Å². The second kappa shape index (κ2) is 7.34. The third-order valence-electron chi connectivity index (χ3n) is 11.1. The second-order valence-corrected chi connectivity index (χ2v) is 12.7. The molecule has 36 heavy (non-hydrogen) atoms. The summed E-state index contributed by atoms with van der Waals surface area (Å²) in [6.45, 7) is 2.31. The SMILES string of the molecule is CN(C)[C@H]1C[C@@]23CC[C@]4(O2)C2CC=C(c5ccc6cnncc6c5)[C@@]2(C)CCC4(F)CC3[C@@H](O)[C@@H]1O. The van der Waals surface area contributed by atoms with Crippen LogP contribution in [0.5, 0.6) is 0 Å². The summed E-state index contributed by atoms with van der Waals surface area (Å²) >= 11 is 0. The van der Waals surface area contributed by atoms with Crippen LogP contribution in [0, 0.1) is 17.3 Å². The Morgan fingerprint density at radius 3 is 2.56 bits per heavy atom. The van der Waals surface area contributed by atoms with Crippen molar-refractivity contribution in [1.29, 1.82) is 0 Å². The lowest BCUT2D eigenvalue weighted by atomic mass is 9.51. The number of hydrogen-bond acceptors (Lipinski definition) is 6. The summed E-state index contributed by atoms with van der Waals surface area (Å²) in [5.41, 5.74) is -0.638. The Bertz CT molecular complexity index is 1270. The van der Waals surface area contributed by atoms with Gasteiger partial charge in [-0.3, -0.25) is 0 Å². The maximum absolute atomic E-state index is 17.2. The smallest absolute Gasteiger partial charge is 0.140 e. The molecule has 1 aromatic heterocycles. The number of allylic oxidation sites excluding steroid dienone is 2. The zero-order valence-electron chi connectivity index (χ0n) is 21.3. The van der Waals surface area contributed by atoms with Gasteiger partial charge in [0.15, 0.2) is 0 Å². The minimum atomic E-state index is -1.49. The van der Waals surface area contributed by atoms with Crippen molar-refractivity contribution in [1.82, 2.24) is 15.1 Å². The lowest BCUT2D eigenvalue weighted by Crippen LogP contribution is -2.72. The van der Waals surface area contributed by atoms with Crippen molar-refractivity contribution in [3.63, 3.8) is 0 Å². The second-order valence-electron chi connectivity index (χ2n) is 12.7. The molecular weight excluding hydrogens is 457 g/mol. The number of benzene rings is 1. The lowest BCUT2D eigenvalue weighted by Gasteiger charge is -2.64. The first-order chi connectivity index (χ1) is 17.1. The number of halogens is 1. The Morgan fingerprint density at radius 1 is 1.00 bits per heavy atom. The topological polar surface area (TPSA) is 78.7 Å². The molecule has 2 N–H and O–H groups in total. The van der Waals surface area contributed by atoms with E-state index in [0.29, 0.717) is 19.3 Å². The molecule has 3 heterocycles. The molecule has 3 aliphatic carbocycles. The molecule has 9 atom stereocenters. The largest absolute Gasteiger partial charge is 0.390 e. The number of likely N-dealkylation sites (N-methyl/N-ethyl adjacent to an activating group) is 1. The Hall–Kier alpha value is -1.93. The first-order valence-corrected chi connectivity index (χ1v) is 13.5. The summed E-state index contributed by atoms with van der Waals surface area (Å²) < 4.78 is 24.3. The van der Waals surface area contributed by atoms with Crippen molar-refractivity contribution in [3.8, 4) is 0 Å². The normalized spacial score (nSPS) is 47.4. The number of aliphatic hydroxyl groups excluding tert-OH is 2. The number of fused-ring (bicyclic) bond motifs is 2. The van der Waals surface area contributed by atoms with Crippen LogP contribution in [-0.4, -0.2) is 74.5 Å². The van der Waals surface area contributed by atoms with Crippen molar-refractivity contribution in [2.24, 2.45) is 17.3 Å². The van der Waals surface area contributed by atoms with Gasteiger partial charge in [-0.2, -0.15) is 10.2 Å². The van der Waals surface area contributed by atoms with Crippen molar-refractivity contribution in [3.05, 3.63) is 42.2 Å². The van der Waals surface area contributed by atoms with E-state index < -0.39 is 29.1 Å². The number of rotatable bonds is 2. The number of nitrogens with zero attached hydrogens (tertiary/aromatic N) is 3. The van der Waals surface area contributed by atoms with Gasteiger partial charge >= 0.3 is 0 Å². The molecule has 2 aromatic rings. The van der Waals surface area contributed by atoms with Gasteiger partial charge < -0.3 is 19.8 Å². The highest BCUT2D eigenvalue weighted by atomic mass is 19.1. The summed E-state index contributed by atoms with van der Waals surface area (Å²) in [4.78, 5) is 1.98. The van der Waals surface area contributed by atoms with E-state index >= 15 is 4.39 Å². The van der Waals surface area contributed by atoms with Crippen LogP contribution in [0.4, 0.5) is 4.39 Å². The van der Waals surface area contributed by atoms with Crippen LogP contribution in [-0.2, 0) is 4.74 Å². The Labute approximate surface area is 211 Å². The molecule has 2 saturated heterocycles. The van der Waals surface area contributed by atoms with Gasteiger partial charge in [-0.25, -0.2) is 4.39 Å². The average Bonchev–Trinajstić information content (AvgIpc) is 3.39. The Morgan fingerprint density at radius 2 is 1.78 bits per heavy atom. The van der Waals surface area contributed by atoms with Crippen LogP contribution < -0.4 is 0 Å². The molecule has 6 nitrogen and oxygen atoms in total. The van der Waals surface area contributed by atoms with Gasteiger partial charge in [-0.05, 0) is 81.7 Å². The third-order valence-corrected chi connectivity index (χ3v) is 11.1. The van der Waals surface area contributed by atoms with Crippen molar-refractivity contribution >= 4 is 16.3 Å². The first kappa shape index (κ1) is 23.2. The molecule has 0 radical (unpaired) electrons. The van der Waals surface area contributed by atoms with Crippen LogP contribution in [0.15, 0.2) is 36.7 Å². The number of hydrogen-bond donors (Lipinski definition) is 2. The molecule has 2 saturated carbocycles. The lowest BCUT2D eigenvalue weighted by molar-refractivity contribution is -0.314. The highest BCUT2D eigenvalue weighted by Crippen LogP contribution is 2.72. The summed E-state index contributed by atoms with van der Waals surface area (Å²) in [5, 5.41) is 32.2. The van der Waals surface area contributed by atoms with Gasteiger partial charge in [0.2, 0.25) is 0 Å². The fraction of sp³-hybridized carbons (Fsp3) is 0.655. The molecular formula is C29H36FN3O3. The zero-order chi connectivity index (χ0) is 25.1. The number of aliphatic hydroxyl groups is 2. The molecule has 1 aromatic carbocycles. The number of alkyl halides is 1. The van der Waals surface area contributed by atoms with E-state index in [1.807, 2.05) is 19.0 Å². The molecule has 2 aliphatic heterocycles. The summed E-state index contributed by atoms with van der Waals surface area (Å²) in [6.07, 6.45) is 8.35. The molecule has 5 aliphatic rings. The fourth-order valence-electron chi connectivity index (χ4n) is 9.17. The third kappa shape index (κ3) is 2.75. The quantitative estimate of drug-likeness (QED) is 0.661. The standard InChI is InChI=1S/C29H36FN3O3/c1-26-8-10-28(30)13-21-24(34)25(35)22(33(2)3)14-27(21)9-11-29(28,36-27)23(26)7-6-20(26)17-4-5-18-15-31-32-16-19(18)12-17/h4-6,12,15-16,21-25,34-35H,7-11,13-14H2,1-3H3/t21?,22-,23?,24+,25+,26+,27+,28?,29-/m0/s1. The van der Waals surface area contributed by atoms with E-state index in [2.05, 4.69) is 41.4 Å². The average molecular weight is 494 g/mol. The first-order valence-electron chi connectivity index (χ1n) is 13.5. The van der Waals surface area contributed by atoms with E-state index in [-0.39, 0.29) is 29.7 Å². The van der Waals surface area contributed by atoms with Gasteiger partial charge in [0.1, 0.15) is 11.3 Å². The summed E-state index contributed by atoms with van der Waals surface area (Å²) in [5.74, 6) is -0.323. The van der Waals surface area contributed by atoms with Crippen LogP contribution in [0.3, 0.4) is 0 Å². The van der Waals surface area contributed by atoms with Gasteiger partial charge in [-0.1, -0.05) is 25.1 Å². The van der Waals surface area contributed by atoms with Gasteiger partial charge in [0, 0.05) is 28.7 Å². The van der Waals surface area contributed by atoms with Crippen molar-refractivity contribution in [2.45, 2.75) is 87.0 Å². The van der Waals surface area contributed by atoms with E-state index in [1.54, 1.807) is 12.4 Å². The number of aromatic nitrogens is 2. The monoisotopic (exact) mass is 493 g/mol. The fourth-order valence-corrected chi connectivity index (χ4v) is 9.17. The van der Waals surface area contributed by atoms with E-state index in [0.717, 1.165) is 30.0 Å². The zero-order valence-corrected chi connectivity index (χ0v) is 21.3. The minimum Gasteiger partial charge on any atom is -0.390 e. The maximum Gasteiger partial charge on any atom is 0.140 e. The summed E-state index contributed by atoms with van der Waals surface area (Å²) in [7, 11) is 3.87. The Kier molecular flexibility index (Phi) is 4.73. The highest BCUT2D eigenvalue weighted by molar-refractivity contribution is 5.86. The molecule has 7 rings (SSSR count). The molecule has 192 valence electrons. The molecule has 7 heteroatoms. The molecule has 3 unspecified atom stereocenters. The molecule has 0 amide bonds. The van der Waals surface area contributed by atoms with Crippen LogP contribution in [0.25, 0.3) is 16.3 Å². The van der Waals surface area contributed by atoms with Gasteiger partial charge in [-0.15, -0.1) is 0 Å². The van der Waals surface area contributed by atoms with E-state index in [9.17, 15) is 10.2 Å². The highest BCUT2D eigenvalue weighted by Gasteiger charge is 2.77. The molecule has 2 spiro atoms. The van der Waals surface area contributed by atoms with Crippen LogP contribution in [0.1, 0.15) is 57.4 Å². The maximum atomic E-state index is 17.2. The predicted octanol–water partition coefficient (Wildman–Crippen LogP) is 3.91. The number of ether oxygens (including phenoxy) is 1. The minimum absolute atomic E-state index is 0.0483. The molecule has 4 fully saturated rings.